The number of carbonyl (C=O) groups excluding carboxylic acids is 1. The Morgan fingerprint density at radius 2 is 1.95 bits per heavy atom. The van der Waals surface area contributed by atoms with E-state index in [-0.39, 0.29) is 16.6 Å². The fraction of sp³-hybridized carbons (Fsp3) is 0. The Morgan fingerprint density at radius 1 is 1.27 bits per heavy atom. The molecule has 8 heteroatoms. The first-order valence-electron chi connectivity index (χ1n) is 6.00. The number of hydrogen-bond donors (Lipinski definition) is 1. The van der Waals surface area contributed by atoms with Gasteiger partial charge in [-0.3, -0.25) is 14.9 Å². The Morgan fingerprint density at radius 3 is 2.59 bits per heavy atom. The zero-order valence-corrected chi connectivity index (χ0v) is 13.3. The van der Waals surface area contributed by atoms with E-state index in [9.17, 15) is 14.9 Å². The fourth-order valence-corrected chi connectivity index (χ4v) is 2.03. The van der Waals surface area contributed by atoms with Gasteiger partial charge in [-0.2, -0.15) is 5.10 Å². The van der Waals surface area contributed by atoms with E-state index in [1.165, 1.54) is 18.3 Å². The highest BCUT2D eigenvalue weighted by atomic mass is 79.9. The van der Waals surface area contributed by atoms with Crippen LogP contribution in [0.5, 0.6) is 0 Å². The largest absolute Gasteiger partial charge is 0.288 e. The van der Waals surface area contributed by atoms with Crippen molar-refractivity contribution in [3.05, 3.63) is 73.2 Å². The highest BCUT2D eigenvalue weighted by Crippen LogP contribution is 2.24. The Kier molecular flexibility index (Phi) is 5.24. The molecule has 2 rings (SSSR count). The van der Waals surface area contributed by atoms with Gasteiger partial charge in [0.15, 0.2) is 0 Å². The van der Waals surface area contributed by atoms with Crippen molar-refractivity contribution in [3.63, 3.8) is 0 Å². The molecule has 6 nitrogen and oxygen atoms in total. The van der Waals surface area contributed by atoms with E-state index in [4.69, 9.17) is 11.6 Å². The lowest BCUT2D eigenvalue weighted by atomic mass is 10.2. The molecule has 0 bridgehead atoms. The minimum atomic E-state index is -0.583. The predicted molar refractivity (Wildman–Crippen MR) is 87.3 cm³/mol. The van der Waals surface area contributed by atoms with Gasteiger partial charge in [0.2, 0.25) is 0 Å². The molecule has 112 valence electrons. The maximum atomic E-state index is 11.8. The quantitative estimate of drug-likeness (QED) is 0.496. The smallest absolute Gasteiger partial charge is 0.267 e. The van der Waals surface area contributed by atoms with E-state index in [1.54, 1.807) is 30.3 Å². The molecule has 0 fully saturated rings. The summed E-state index contributed by atoms with van der Waals surface area (Å²) in [7, 11) is 0. The molecule has 1 N–H and O–H groups in total. The lowest BCUT2D eigenvalue weighted by Crippen LogP contribution is -2.17. The zero-order chi connectivity index (χ0) is 16.1. The third kappa shape index (κ3) is 4.12. The van der Waals surface area contributed by atoms with E-state index in [0.717, 1.165) is 4.47 Å². The van der Waals surface area contributed by atoms with E-state index in [2.05, 4.69) is 26.5 Å². The third-order valence-electron chi connectivity index (χ3n) is 2.65. The fourth-order valence-electron chi connectivity index (χ4n) is 1.58. The molecular formula is C14H9BrClN3O3. The van der Waals surface area contributed by atoms with E-state index in [1.807, 2.05) is 0 Å². The summed E-state index contributed by atoms with van der Waals surface area (Å²) >= 11 is 8.98. The van der Waals surface area contributed by atoms with Gasteiger partial charge in [-0.15, -0.1) is 0 Å². The van der Waals surface area contributed by atoms with Crippen molar-refractivity contribution < 1.29 is 9.72 Å². The summed E-state index contributed by atoms with van der Waals surface area (Å²) in [5, 5.41) is 14.6. The van der Waals surface area contributed by atoms with Crippen molar-refractivity contribution in [2.45, 2.75) is 0 Å². The van der Waals surface area contributed by atoms with Gasteiger partial charge in [-0.25, -0.2) is 5.43 Å². The van der Waals surface area contributed by atoms with Crippen LogP contribution >= 0.6 is 27.5 Å². The number of nitrogens with zero attached hydrogens (tertiary/aromatic N) is 2. The number of hydrazone groups is 1. The second kappa shape index (κ2) is 7.15. The molecule has 0 aliphatic heterocycles. The Balaban J connectivity index is 2.06. The minimum Gasteiger partial charge on any atom is -0.267 e. The van der Waals surface area contributed by atoms with Crippen molar-refractivity contribution in [3.8, 4) is 0 Å². The molecule has 0 atom stereocenters. The van der Waals surface area contributed by atoms with Crippen molar-refractivity contribution in [2.75, 3.05) is 0 Å². The van der Waals surface area contributed by atoms with Crippen LogP contribution in [-0.2, 0) is 0 Å². The number of halogens is 2. The van der Waals surface area contributed by atoms with Gasteiger partial charge in [0.1, 0.15) is 5.02 Å². The number of hydrogen-bond acceptors (Lipinski definition) is 4. The van der Waals surface area contributed by atoms with Gasteiger partial charge in [-0.05, 0) is 30.3 Å². The molecule has 1 amide bonds. The number of carbonyl (C=O) groups is 1. The molecule has 0 unspecified atom stereocenters. The van der Waals surface area contributed by atoms with E-state index in [0.29, 0.717) is 11.1 Å². The number of nitro benzene ring substituents is 1. The normalized spacial score (nSPS) is 10.6. The second-order valence-electron chi connectivity index (χ2n) is 4.17. The van der Waals surface area contributed by atoms with Crippen LogP contribution in [0.15, 0.2) is 52.0 Å². The SMILES string of the molecule is O=C(NN=Cc1ccc(Cl)c([N+](=O)[O-])c1)c1ccc(Br)cc1. The van der Waals surface area contributed by atoms with Crippen LogP contribution < -0.4 is 5.43 Å². The summed E-state index contributed by atoms with van der Waals surface area (Å²) in [4.78, 5) is 22.0. The van der Waals surface area contributed by atoms with Gasteiger partial charge in [0, 0.05) is 21.7 Å². The van der Waals surface area contributed by atoms with Crippen LogP contribution in [0, 0.1) is 10.1 Å². The average Bonchev–Trinajstić information content (AvgIpc) is 2.49. The zero-order valence-electron chi connectivity index (χ0n) is 11.0. The number of benzene rings is 2. The molecule has 0 spiro atoms. The van der Waals surface area contributed by atoms with Crippen LogP contribution in [0.4, 0.5) is 5.69 Å². The van der Waals surface area contributed by atoms with Crippen LogP contribution in [0.25, 0.3) is 0 Å². The molecular weight excluding hydrogens is 374 g/mol. The van der Waals surface area contributed by atoms with Gasteiger partial charge in [-0.1, -0.05) is 33.6 Å². The lowest BCUT2D eigenvalue weighted by Gasteiger charge is -2.00. The van der Waals surface area contributed by atoms with Crippen LogP contribution in [0.3, 0.4) is 0 Å². The molecule has 0 aliphatic carbocycles. The number of nitrogens with one attached hydrogen (secondary N) is 1. The third-order valence-corrected chi connectivity index (χ3v) is 3.50. The number of amides is 1. The van der Waals surface area contributed by atoms with Gasteiger partial charge >= 0.3 is 0 Å². The average molecular weight is 383 g/mol. The second-order valence-corrected chi connectivity index (χ2v) is 5.50. The lowest BCUT2D eigenvalue weighted by molar-refractivity contribution is -0.384. The first kappa shape index (κ1) is 16.1. The number of rotatable bonds is 4. The summed E-state index contributed by atoms with van der Waals surface area (Å²) < 4.78 is 0.862. The van der Waals surface area contributed by atoms with Crippen molar-refractivity contribution in [1.82, 2.24) is 5.43 Å². The summed E-state index contributed by atoms with van der Waals surface area (Å²) in [5.41, 5.74) is 3.02. The Hall–Kier alpha value is -2.25. The van der Waals surface area contributed by atoms with Crippen molar-refractivity contribution >= 4 is 45.3 Å². The predicted octanol–water partition coefficient (Wildman–Crippen LogP) is 3.77. The molecule has 0 saturated heterocycles. The molecule has 0 aliphatic rings. The Bertz CT molecular complexity index is 747. The van der Waals surface area contributed by atoms with Gasteiger partial charge in [0.25, 0.3) is 11.6 Å². The number of nitro groups is 1. The van der Waals surface area contributed by atoms with Gasteiger partial charge < -0.3 is 0 Å². The van der Waals surface area contributed by atoms with Crippen LogP contribution in [0.2, 0.25) is 5.02 Å². The highest BCUT2D eigenvalue weighted by Gasteiger charge is 2.11. The van der Waals surface area contributed by atoms with Crippen LogP contribution in [0.1, 0.15) is 15.9 Å². The van der Waals surface area contributed by atoms with E-state index >= 15 is 0 Å². The first-order valence-corrected chi connectivity index (χ1v) is 7.17. The standard InChI is InChI=1S/C14H9BrClN3O3/c15-11-4-2-10(3-5-11)14(20)18-17-8-9-1-6-12(16)13(7-9)19(21)22/h1-8H,(H,18,20). The topological polar surface area (TPSA) is 84.6 Å². The molecule has 0 saturated carbocycles. The van der Waals surface area contributed by atoms with Crippen molar-refractivity contribution in [2.24, 2.45) is 5.10 Å². The summed E-state index contributed by atoms with van der Waals surface area (Å²) in [6.45, 7) is 0. The molecule has 0 radical (unpaired) electrons. The minimum absolute atomic E-state index is 0.0426. The maximum Gasteiger partial charge on any atom is 0.288 e. The summed E-state index contributed by atoms with van der Waals surface area (Å²) in [6.07, 6.45) is 1.31. The summed E-state index contributed by atoms with van der Waals surface area (Å²) in [6, 6.07) is 11.0. The maximum absolute atomic E-state index is 11.8. The van der Waals surface area contributed by atoms with Gasteiger partial charge in [0.05, 0.1) is 11.1 Å². The molecule has 0 aromatic heterocycles. The highest BCUT2D eigenvalue weighted by molar-refractivity contribution is 9.10. The molecule has 22 heavy (non-hydrogen) atoms. The monoisotopic (exact) mass is 381 g/mol. The van der Waals surface area contributed by atoms with E-state index < -0.39 is 4.92 Å². The molecule has 0 heterocycles. The van der Waals surface area contributed by atoms with Crippen molar-refractivity contribution in [1.29, 1.82) is 0 Å². The summed E-state index contributed by atoms with van der Waals surface area (Å²) in [5.74, 6) is -0.382. The molecule has 2 aromatic carbocycles. The Labute approximate surface area is 139 Å². The molecule has 2 aromatic rings. The van der Waals surface area contributed by atoms with Crippen LogP contribution in [-0.4, -0.2) is 17.0 Å². The first-order chi connectivity index (χ1) is 10.5.